The maximum atomic E-state index is 13.5. The molecule has 156 valence electrons. The van der Waals surface area contributed by atoms with Crippen molar-refractivity contribution in [1.29, 1.82) is 0 Å². The smallest absolute Gasteiger partial charge is 0.230 e. The van der Waals surface area contributed by atoms with E-state index in [0.29, 0.717) is 18.8 Å². The molecule has 5 rings (SSSR count). The number of hydrogen-bond donors (Lipinski definition) is 0. The normalized spacial score (nSPS) is 33.9. The van der Waals surface area contributed by atoms with E-state index < -0.39 is 17.4 Å². The quantitative estimate of drug-likeness (QED) is 0.574. The Bertz CT molecular complexity index is 841. The largest absolute Gasteiger partial charge is 0.361 e. The van der Waals surface area contributed by atoms with E-state index in [4.69, 9.17) is 9.26 Å². The number of ether oxygens (including phenoxy) is 1. The molecule has 2 amide bonds. The predicted octanol–water partition coefficient (Wildman–Crippen LogP) is 2.45. The number of aromatic nitrogens is 1. The molecule has 0 radical (unpaired) electrons. The molecular formula is C22H29N3O4. The van der Waals surface area contributed by atoms with Gasteiger partial charge in [-0.1, -0.05) is 43.0 Å². The molecule has 1 saturated carbocycles. The summed E-state index contributed by atoms with van der Waals surface area (Å²) in [6.07, 6.45) is 10.7. The van der Waals surface area contributed by atoms with Crippen LogP contribution < -0.4 is 0 Å². The van der Waals surface area contributed by atoms with Crippen LogP contribution in [0.3, 0.4) is 0 Å². The zero-order chi connectivity index (χ0) is 20.2. The molecule has 2 bridgehead atoms. The number of likely N-dealkylation sites (tertiary alicyclic amines) is 1. The van der Waals surface area contributed by atoms with Gasteiger partial charge in [-0.25, -0.2) is 0 Å². The van der Waals surface area contributed by atoms with Crippen LogP contribution in [0.2, 0.25) is 0 Å². The van der Waals surface area contributed by atoms with Crippen LogP contribution >= 0.6 is 0 Å². The molecule has 7 nitrogen and oxygen atoms in total. The first-order chi connectivity index (χ1) is 14.0. The minimum absolute atomic E-state index is 0.0528. The molecule has 0 N–H and O–H groups in total. The van der Waals surface area contributed by atoms with Crippen LogP contribution in [0.15, 0.2) is 22.7 Å². The van der Waals surface area contributed by atoms with Crippen molar-refractivity contribution in [2.75, 3.05) is 13.6 Å². The second-order valence-electron chi connectivity index (χ2n) is 9.13. The summed E-state index contributed by atoms with van der Waals surface area (Å²) in [5, 5.41) is 3.99. The number of carbonyl (C=O) groups is 2. The maximum Gasteiger partial charge on any atom is 0.230 e. The molecule has 4 atom stereocenters. The Morgan fingerprint density at radius 2 is 2.07 bits per heavy atom. The summed E-state index contributed by atoms with van der Waals surface area (Å²) in [4.78, 5) is 30.5. The molecule has 0 aromatic carbocycles. The molecule has 2 unspecified atom stereocenters. The third-order valence-corrected chi connectivity index (χ3v) is 7.13. The lowest BCUT2D eigenvalue weighted by Crippen LogP contribution is -2.45. The Kier molecular flexibility index (Phi) is 4.53. The Morgan fingerprint density at radius 3 is 2.76 bits per heavy atom. The lowest BCUT2D eigenvalue weighted by molar-refractivity contribution is -0.143. The number of aryl methyl sites for hydroxylation is 1. The first-order valence-corrected chi connectivity index (χ1v) is 10.8. The molecule has 4 aliphatic rings. The van der Waals surface area contributed by atoms with Crippen molar-refractivity contribution in [2.45, 2.75) is 69.7 Å². The molecule has 2 saturated heterocycles. The van der Waals surface area contributed by atoms with Gasteiger partial charge in [-0.15, -0.1) is 0 Å². The Morgan fingerprint density at radius 1 is 1.31 bits per heavy atom. The van der Waals surface area contributed by atoms with Gasteiger partial charge in [0.1, 0.15) is 17.1 Å². The van der Waals surface area contributed by atoms with Gasteiger partial charge in [0, 0.05) is 19.2 Å². The van der Waals surface area contributed by atoms with Crippen molar-refractivity contribution < 1.29 is 18.8 Å². The maximum absolute atomic E-state index is 13.5. The summed E-state index contributed by atoms with van der Waals surface area (Å²) in [5.74, 6) is -0.0947. The second-order valence-corrected chi connectivity index (χ2v) is 9.13. The van der Waals surface area contributed by atoms with E-state index in [9.17, 15) is 9.59 Å². The first-order valence-electron chi connectivity index (χ1n) is 10.8. The highest BCUT2D eigenvalue weighted by Gasteiger charge is 2.67. The van der Waals surface area contributed by atoms with Gasteiger partial charge in [0.25, 0.3) is 0 Å². The fourth-order valence-corrected chi connectivity index (χ4v) is 5.76. The summed E-state index contributed by atoms with van der Waals surface area (Å²) in [5.41, 5.74) is 0.0881. The third-order valence-electron chi connectivity index (χ3n) is 7.13. The van der Waals surface area contributed by atoms with Crippen LogP contribution in [0.1, 0.15) is 50.0 Å². The van der Waals surface area contributed by atoms with Gasteiger partial charge in [-0.2, -0.15) is 0 Å². The van der Waals surface area contributed by atoms with Crippen LogP contribution in [0.5, 0.6) is 0 Å². The molecule has 1 spiro atoms. The molecule has 1 aromatic rings. The zero-order valence-electron chi connectivity index (χ0n) is 17.2. The molecule has 7 heteroatoms. The van der Waals surface area contributed by atoms with Crippen molar-refractivity contribution in [3.8, 4) is 0 Å². The number of amides is 2. The average Bonchev–Trinajstić information content (AvgIpc) is 3.38. The average molecular weight is 399 g/mol. The van der Waals surface area contributed by atoms with Crippen molar-refractivity contribution in [3.63, 3.8) is 0 Å². The van der Waals surface area contributed by atoms with Gasteiger partial charge >= 0.3 is 0 Å². The number of rotatable bonds is 4. The third kappa shape index (κ3) is 3.01. The van der Waals surface area contributed by atoms with Crippen LogP contribution in [-0.2, 0) is 20.9 Å². The van der Waals surface area contributed by atoms with Gasteiger partial charge in [0.15, 0.2) is 0 Å². The molecule has 4 heterocycles. The van der Waals surface area contributed by atoms with Crippen molar-refractivity contribution in [2.24, 2.45) is 11.8 Å². The molecule has 29 heavy (non-hydrogen) atoms. The lowest BCUT2D eigenvalue weighted by atomic mass is 9.76. The number of hydrogen-bond acceptors (Lipinski definition) is 5. The minimum Gasteiger partial charge on any atom is -0.361 e. The van der Waals surface area contributed by atoms with E-state index in [0.717, 1.165) is 18.6 Å². The number of carbonyl (C=O) groups excluding carboxylic acids is 2. The fourth-order valence-electron chi connectivity index (χ4n) is 5.76. The van der Waals surface area contributed by atoms with Crippen molar-refractivity contribution in [3.05, 3.63) is 29.7 Å². The van der Waals surface area contributed by atoms with Crippen molar-refractivity contribution in [1.82, 2.24) is 15.0 Å². The highest BCUT2D eigenvalue weighted by molar-refractivity contribution is 5.93. The highest BCUT2D eigenvalue weighted by Crippen LogP contribution is 2.53. The summed E-state index contributed by atoms with van der Waals surface area (Å²) < 4.78 is 11.4. The number of fused-ring (bicyclic) bond motifs is 1. The fraction of sp³-hybridized carbons (Fsp3) is 0.682. The summed E-state index contributed by atoms with van der Waals surface area (Å²) in [6, 6.07) is 2.12. The Labute approximate surface area is 171 Å². The molecule has 3 fully saturated rings. The van der Waals surface area contributed by atoms with Gasteiger partial charge in [0.2, 0.25) is 11.8 Å². The topological polar surface area (TPSA) is 75.9 Å². The summed E-state index contributed by atoms with van der Waals surface area (Å²) >= 11 is 0. The predicted molar refractivity (Wildman–Crippen MR) is 105 cm³/mol. The molecule has 3 aliphatic heterocycles. The molecular weight excluding hydrogens is 370 g/mol. The van der Waals surface area contributed by atoms with E-state index >= 15 is 0 Å². The highest BCUT2D eigenvalue weighted by atomic mass is 16.5. The standard InChI is InChI=1S/C22H29N3O4/c1-14-11-15(23-29-14)12-24(2)20(26)18-17-9-10-22(28-17)13-25(21(27)19(18)22)16-7-5-3-4-6-8-16/h9-11,16-19H,3-8,12-13H2,1-2H3/t17-,18?,19?,22-/m1/s1. The minimum atomic E-state index is -0.625. The van der Waals surface area contributed by atoms with E-state index in [1.165, 1.54) is 25.7 Å². The second kappa shape index (κ2) is 6.97. The first kappa shape index (κ1) is 18.9. The van der Waals surface area contributed by atoms with E-state index in [1.807, 2.05) is 30.0 Å². The van der Waals surface area contributed by atoms with E-state index in [1.54, 1.807) is 11.9 Å². The zero-order valence-corrected chi connectivity index (χ0v) is 17.2. The molecule has 1 aromatic heterocycles. The number of nitrogens with zero attached hydrogens (tertiary/aromatic N) is 3. The Hall–Kier alpha value is -2.15. The lowest BCUT2D eigenvalue weighted by Gasteiger charge is -2.30. The van der Waals surface area contributed by atoms with Gasteiger partial charge < -0.3 is 19.1 Å². The van der Waals surface area contributed by atoms with Crippen molar-refractivity contribution >= 4 is 11.8 Å². The van der Waals surface area contributed by atoms with Gasteiger partial charge in [-0.05, 0) is 19.8 Å². The van der Waals surface area contributed by atoms with Crippen LogP contribution in [0, 0.1) is 18.8 Å². The van der Waals surface area contributed by atoms with Crippen LogP contribution in [-0.4, -0.2) is 58.1 Å². The summed E-state index contributed by atoms with van der Waals surface area (Å²) in [6.45, 7) is 2.78. The summed E-state index contributed by atoms with van der Waals surface area (Å²) in [7, 11) is 1.76. The monoisotopic (exact) mass is 399 g/mol. The van der Waals surface area contributed by atoms with Gasteiger partial charge in [0.05, 0.1) is 31.0 Å². The molecule has 1 aliphatic carbocycles. The van der Waals surface area contributed by atoms with E-state index in [-0.39, 0.29) is 24.0 Å². The van der Waals surface area contributed by atoms with E-state index in [2.05, 4.69) is 5.16 Å². The van der Waals surface area contributed by atoms with Crippen LogP contribution in [0.25, 0.3) is 0 Å². The SMILES string of the molecule is Cc1cc(CN(C)C(=O)C2C3C(=O)N(C4CCCCCC4)C[C@]34C=C[C@H]2O4)no1. The Balaban J connectivity index is 1.36. The van der Waals surface area contributed by atoms with Gasteiger partial charge in [-0.3, -0.25) is 9.59 Å². The van der Waals surface area contributed by atoms with Crippen LogP contribution in [0.4, 0.5) is 0 Å².